The summed E-state index contributed by atoms with van der Waals surface area (Å²) in [6.07, 6.45) is 4.16. The molecular formula is C16H24N4O. The molecule has 2 aromatic rings. The Hall–Kier alpha value is -2.04. The van der Waals surface area contributed by atoms with Crippen molar-refractivity contribution in [3.63, 3.8) is 0 Å². The first-order chi connectivity index (χ1) is 10.0. The fourth-order valence-electron chi connectivity index (χ4n) is 2.37. The molecule has 0 radical (unpaired) electrons. The molecule has 0 fully saturated rings. The zero-order valence-electron chi connectivity index (χ0n) is 13.5. The van der Waals surface area contributed by atoms with Gasteiger partial charge in [0.1, 0.15) is 11.6 Å². The van der Waals surface area contributed by atoms with E-state index in [4.69, 9.17) is 4.74 Å². The smallest absolute Gasteiger partial charge is 0.221 e. The van der Waals surface area contributed by atoms with Gasteiger partial charge in [0.05, 0.1) is 12.7 Å². The number of nitrogens with one attached hydrogen (secondary N) is 1. The van der Waals surface area contributed by atoms with Crippen LogP contribution in [0.15, 0.2) is 18.3 Å². The molecule has 1 N–H and O–H groups in total. The van der Waals surface area contributed by atoms with Gasteiger partial charge >= 0.3 is 0 Å². The van der Waals surface area contributed by atoms with Crippen LogP contribution in [-0.2, 0) is 13.5 Å². The number of aromatic nitrogens is 3. The Labute approximate surface area is 126 Å². The Morgan fingerprint density at radius 3 is 2.71 bits per heavy atom. The van der Waals surface area contributed by atoms with E-state index < -0.39 is 0 Å². The molecule has 1 unspecified atom stereocenters. The lowest BCUT2D eigenvalue weighted by atomic mass is 10.1. The van der Waals surface area contributed by atoms with Crippen molar-refractivity contribution in [3.05, 3.63) is 35.4 Å². The van der Waals surface area contributed by atoms with Gasteiger partial charge in [-0.2, -0.15) is 4.98 Å². The van der Waals surface area contributed by atoms with Crippen molar-refractivity contribution in [2.45, 2.75) is 39.7 Å². The number of ether oxygens (including phenoxy) is 1. The Kier molecular flexibility index (Phi) is 4.83. The number of nitrogens with zero attached hydrogens (tertiary/aromatic N) is 3. The van der Waals surface area contributed by atoms with Gasteiger partial charge in [0.15, 0.2) is 0 Å². The van der Waals surface area contributed by atoms with Crippen molar-refractivity contribution in [3.8, 4) is 5.88 Å². The van der Waals surface area contributed by atoms with Gasteiger partial charge in [0.25, 0.3) is 0 Å². The summed E-state index contributed by atoms with van der Waals surface area (Å²) in [5, 5.41) is 3.47. The molecule has 0 amide bonds. The molecule has 0 aromatic carbocycles. The summed E-state index contributed by atoms with van der Waals surface area (Å²) in [6.45, 7) is 6.03. The summed E-state index contributed by atoms with van der Waals surface area (Å²) >= 11 is 0. The molecule has 0 saturated carbocycles. The average molecular weight is 288 g/mol. The highest BCUT2D eigenvalue weighted by atomic mass is 16.5. The van der Waals surface area contributed by atoms with Crippen molar-refractivity contribution in [1.29, 1.82) is 0 Å². The van der Waals surface area contributed by atoms with E-state index in [1.54, 1.807) is 7.11 Å². The summed E-state index contributed by atoms with van der Waals surface area (Å²) in [6, 6.07) is 4.57. The third-order valence-electron chi connectivity index (χ3n) is 3.67. The molecule has 0 spiro atoms. The van der Waals surface area contributed by atoms with Crippen LogP contribution in [0.25, 0.3) is 0 Å². The highest BCUT2D eigenvalue weighted by Gasteiger charge is 2.12. The molecule has 2 heterocycles. The fourth-order valence-corrected chi connectivity index (χ4v) is 2.37. The van der Waals surface area contributed by atoms with E-state index in [9.17, 15) is 0 Å². The predicted molar refractivity (Wildman–Crippen MR) is 84.9 cm³/mol. The lowest BCUT2D eigenvalue weighted by molar-refractivity contribution is 0.392. The summed E-state index contributed by atoms with van der Waals surface area (Å²) in [5.41, 5.74) is 2.30. The zero-order chi connectivity index (χ0) is 15.4. The van der Waals surface area contributed by atoms with Gasteiger partial charge in [-0.25, -0.2) is 4.98 Å². The summed E-state index contributed by atoms with van der Waals surface area (Å²) in [5.74, 6) is 2.22. The Bertz CT molecular complexity index is 606. The van der Waals surface area contributed by atoms with E-state index in [0.717, 1.165) is 30.0 Å². The molecule has 21 heavy (non-hydrogen) atoms. The van der Waals surface area contributed by atoms with Crippen LogP contribution in [0.5, 0.6) is 5.88 Å². The monoisotopic (exact) mass is 288 g/mol. The molecule has 5 heteroatoms. The number of hydrogen-bond acceptors (Lipinski definition) is 4. The Balaban J connectivity index is 2.01. The van der Waals surface area contributed by atoms with Crippen molar-refractivity contribution >= 4 is 5.82 Å². The quantitative estimate of drug-likeness (QED) is 0.888. The fraction of sp³-hybridized carbons (Fsp3) is 0.500. The van der Waals surface area contributed by atoms with E-state index in [-0.39, 0.29) is 0 Å². The number of hydrogen-bond donors (Lipinski definition) is 1. The van der Waals surface area contributed by atoms with Crippen molar-refractivity contribution < 1.29 is 4.74 Å². The molecule has 2 rings (SSSR count). The molecule has 0 aliphatic rings. The third kappa shape index (κ3) is 3.74. The maximum atomic E-state index is 5.29. The van der Waals surface area contributed by atoms with Gasteiger partial charge in [-0.1, -0.05) is 0 Å². The maximum absolute atomic E-state index is 5.29. The minimum Gasteiger partial charge on any atom is -0.481 e. The van der Waals surface area contributed by atoms with Crippen LogP contribution >= 0.6 is 0 Å². The topological polar surface area (TPSA) is 52.0 Å². The number of aryl methyl sites for hydroxylation is 3. The van der Waals surface area contributed by atoms with Gasteiger partial charge in [0, 0.05) is 25.0 Å². The lowest BCUT2D eigenvalue weighted by Gasteiger charge is -2.17. The molecule has 114 valence electrons. The van der Waals surface area contributed by atoms with Crippen LogP contribution in [-0.4, -0.2) is 27.7 Å². The van der Waals surface area contributed by atoms with Crippen molar-refractivity contribution in [2.24, 2.45) is 7.05 Å². The maximum Gasteiger partial charge on any atom is 0.221 e. The molecule has 0 saturated heterocycles. The van der Waals surface area contributed by atoms with E-state index in [1.165, 1.54) is 5.69 Å². The van der Waals surface area contributed by atoms with Crippen LogP contribution in [0.3, 0.4) is 0 Å². The second kappa shape index (κ2) is 6.61. The van der Waals surface area contributed by atoms with E-state index in [2.05, 4.69) is 52.2 Å². The predicted octanol–water partition coefficient (Wildman–Crippen LogP) is 2.87. The van der Waals surface area contributed by atoms with Gasteiger partial charge in [-0.15, -0.1) is 0 Å². The van der Waals surface area contributed by atoms with Crippen LogP contribution in [0.1, 0.15) is 30.4 Å². The largest absolute Gasteiger partial charge is 0.481 e. The summed E-state index contributed by atoms with van der Waals surface area (Å²) in [4.78, 5) is 8.76. The Morgan fingerprint density at radius 1 is 1.33 bits per heavy atom. The minimum absolute atomic E-state index is 0.331. The molecule has 0 aliphatic carbocycles. The highest BCUT2D eigenvalue weighted by molar-refractivity contribution is 5.49. The first-order valence-corrected chi connectivity index (χ1v) is 7.27. The minimum atomic E-state index is 0.331. The molecule has 0 aliphatic heterocycles. The Morgan fingerprint density at radius 2 is 2.10 bits per heavy atom. The first-order valence-electron chi connectivity index (χ1n) is 7.27. The molecule has 0 bridgehead atoms. The molecule has 5 nitrogen and oxygen atoms in total. The van der Waals surface area contributed by atoms with Gasteiger partial charge < -0.3 is 14.6 Å². The van der Waals surface area contributed by atoms with Crippen molar-refractivity contribution in [2.75, 3.05) is 12.4 Å². The van der Waals surface area contributed by atoms with Crippen LogP contribution in [0.4, 0.5) is 5.82 Å². The second-order valence-electron chi connectivity index (χ2n) is 5.45. The number of methoxy groups -OCH3 is 1. The van der Waals surface area contributed by atoms with Crippen LogP contribution < -0.4 is 10.1 Å². The number of rotatable bonds is 6. The number of anilines is 1. The summed E-state index contributed by atoms with van der Waals surface area (Å²) in [7, 11) is 3.72. The van der Waals surface area contributed by atoms with Crippen molar-refractivity contribution in [1.82, 2.24) is 14.5 Å². The second-order valence-corrected chi connectivity index (χ2v) is 5.45. The normalized spacial score (nSPS) is 12.2. The molecular weight excluding hydrogens is 264 g/mol. The SMILES string of the molecule is COc1nc(C)nc(NC(C)CCc2cccn2C)c1C. The standard InChI is InChI=1S/C16H24N4O/c1-11(8-9-14-7-6-10-20(14)4)17-15-12(2)16(21-5)19-13(3)18-15/h6-7,10-11H,8-9H2,1-5H3,(H,17,18,19). The van der Waals surface area contributed by atoms with Gasteiger partial charge in [-0.3, -0.25) is 0 Å². The summed E-state index contributed by atoms with van der Waals surface area (Å²) < 4.78 is 7.45. The first kappa shape index (κ1) is 15.4. The third-order valence-corrected chi connectivity index (χ3v) is 3.67. The van der Waals surface area contributed by atoms with Crippen LogP contribution in [0.2, 0.25) is 0 Å². The zero-order valence-corrected chi connectivity index (χ0v) is 13.5. The van der Waals surface area contributed by atoms with Gasteiger partial charge in [0.2, 0.25) is 5.88 Å². The van der Waals surface area contributed by atoms with E-state index in [1.807, 2.05) is 13.8 Å². The highest BCUT2D eigenvalue weighted by Crippen LogP contribution is 2.22. The van der Waals surface area contributed by atoms with E-state index >= 15 is 0 Å². The van der Waals surface area contributed by atoms with E-state index in [0.29, 0.717) is 11.9 Å². The van der Waals surface area contributed by atoms with Crippen LogP contribution in [0, 0.1) is 13.8 Å². The molecule has 1 atom stereocenters. The molecule has 2 aromatic heterocycles. The lowest BCUT2D eigenvalue weighted by Crippen LogP contribution is -2.19. The van der Waals surface area contributed by atoms with Gasteiger partial charge in [-0.05, 0) is 45.7 Å². The average Bonchev–Trinajstić information content (AvgIpc) is 2.85.